The van der Waals surface area contributed by atoms with Gasteiger partial charge in [-0.1, -0.05) is 13.3 Å². The fourth-order valence-corrected chi connectivity index (χ4v) is 1.97. The zero-order chi connectivity index (χ0) is 15.5. The van der Waals surface area contributed by atoms with Gasteiger partial charge in [0.2, 0.25) is 0 Å². The topological polar surface area (TPSA) is 43.4 Å². The molecule has 11 heteroatoms. The molecule has 0 aromatic heterocycles. The minimum atomic E-state index is -6.56. The highest BCUT2D eigenvalue weighted by Gasteiger charge is 2.73. The number of rotatable bonds is 7. The Morgan fingerprint density at radius 2 is 1.47 bits per heavy atom. The Hall–Kier alpha value is -0.580. The van der Waals surface area contributed by atoms with Crippen molar-refractivity contribution in [1.29, 1.82) is 0 Å². The van der Waals surface area contributed by atoms with E-state index in [2.05, 4.69) is 4.18 Å². The minimum Gasteiger partial charge on any atom is -0.270 e. The van der Waals surface area contributed by atoms with Crippen molar-refractivity contribution in [3.8, 4) is 0 Å². The Morgan fingerprint density at radius 3 is 1.84 bits per heavy atom. The lowest BCUT2D eigenvalue weighted by Crippen LogP contribution is -2.55. The molecule has 116 valence electrons. The number of hydrogen-bond donors (Lipinski definition) is 0. The van der Waals surface area contributed by atoms with Crippen LogP contribution in [0.25, 0.3) is 0 Å². The van der Waals surface area contributed by atoms with E-state index in [0.29, 0.717) is 6.42 Å². The van der Waals surface area contributed by atoms with Crippen LogP contribution in [0.15, 0.2) is 0 Å². The van der Waals surface area contributed by atoms with Crippen molar-refractivity contribution in [2.75, 3.05) is 12.4 Å². The summed E-state index contributed by atoms with van der Waals surface area (Å²) in [6.45, 7) is 1.04. The van der Waals surface area contributed by atoms with Crippen molar-refractivity contribution in [1.82, 2.24) is 0 Å². The molecule has 0 fully saturated rings. The number of hydrogen-bond acceptors (Lipinski definition) is 3. The van der Waals surface area contributed by atoms with E-state index < -0.39 is 40.5 Å². The molecule has 0 saturated heterocycles. The molecule has 0 rings (SSSR count). The first-order valence-corrected chi connectivity index (χ1v) is 6.54. The highest BCUT2D eigenvalue weighted by molar-refractivity contribution is 7.86. The van der Waals surface area contributed by atoms with E-state index in [-0.39, 0.29) is 6.42 Å². The molecule has 0 spiro atoms. The fraction of sp³-hybridized carbons (Fsp3) is 1.00. The van der Waals surface area contributed by atoms with Gasteiger partial charge in [-0.15, -0.1) is 0 Å². The average Bonchev–Trinajstić information content (AvgIpc) is 2.13. The van der Waals surface area contributed by atoms with Gasteiger partial charge in [-0.05, 0) is 6.42 Å². The Labute approximate surface area is 104 Å². The Kier molecular flexibility index (Phi) is 5.64. The summed E-state index contributed by atoms with van der Waals surface area (Å²) >= 11 is 0. The van der Waals surface area contributed by atoms with Crippen LogP contribution in [0.3, 0.4) is 0 Å². The summed E-state index contributed by atoms with van der Waals surface area (Å²) in [5.41, 5.74) is 0. The average molecular weight is 320 g/mol. The number of unbranched alkanes of at least 4 members (excludes halogenated alkanes) is 1. The zero-order valence-electron chi connectivity index (χ0n) is 9.61. The maximum Gasteiger partial charge on any atom is 0.459 e. The SMILES string of the molecule is CCCCOS(=O)(=O)CC(F)(F)C(F)(F)C(F)(F)F. The summed E-state index contributed by atoms with van der Waals surface area (Å²) in [6, 6.07) is 0. The van der Waals surface area contributed by atoms with Crippen LogP contribution in [0.4, 0.5) is 30.7 Å². The van der Waals surface area contributed by atoms with Crippen molar-refractivity contribution in [2.45, 2.75) is 37.8 Å². The van der Waals surface area contributed by atoms with E-state index in [0.717, 1.165) is 0 Å². The van der Waals surface area contributed by atoms with Gasteiger partial charge in [0.25, 0.3) is 10.1 Å². The molecule has 0 aromatic rings. The molecule has 0 N–H and O–H groups in total. The maximum absolute atomic E-state index is 12.8. The van der Waals surface area contributed by atoms with Gasteiger partial charge in [0, 0.05) is 0 Å². The highest BCUT2D eigenvalue weighted by Crippen LogP contribution is 2.47. The second kappa shape index (κ2) is 5.81. The molecule has 0 atom stereocenters. The largest absolute Gasteiger partial charge is 0.459 e. The van der Waals surface area contributed by atoms with E-state index in [1.165, 1.54) is 0 Å². The lowest BCUT2D eigenvalue weighted by molar-refractivity contribution is -0.348. The van der Waals surface area contributed by atoms with Crippen LogP contribution in [0.5, 0.6) is 0 Å². The number of alkyl halides is 7. The first kappa shape index (κ1) is 18.4. The van der Waals surface area contributed by atoms with Crippen LogP contribution in [0.2, 0.25) is 0 Å². The molecule has 19 heavy (non-hydrogen) atoms. The van der Waals surface area contributed by atoms with Gasteiger partial charge in [0.05, 0.1) is 6.61 Å². The summed E-state index contributed by atoms with van der Waals surface area (Å²) in [5.74, 6) is -15.0. The van der Waals surface area contributed by atoms with Gasteiger partial charge in [0.15, 0.2) is 0 Å². The van der Waals surface area contributed by atoms with Crippen LogP contribution in [0.1, 0.15) is 19.8 Å². The second-order valence-electron chi connectivity index (χ2n) is 3.65. The predicted molar refractivity (Wildman–Crippen MR) is 50.6 cm³/mol. The molecule has 3 nitrogen and oxygen atoms in total. The second-order valence-corrected chi connectivity index (χ2v) is 5.29. The van der Waals surface area contributed by atoms with Crippen LogP contribution in [0, 0.1) is 0 Å². The summed E-state index contributed by atoms with van der Waals surface area (Å²) in [5, 5.41) is 0. The summed E-state index contributed by atoms with van der Waals surface area (Å²) in [7, 11) is -5.18. The third kappa shape index (κ3) is 4.79. The zero-order valence-corrected chi connectivity index (χ0v) is 10.4. The lowest BCUT2D eigenvalue weighted by atomic mass is 10.2. The van der Waals surface area contributed by atoms with Gasteiger partial charge in [-0.25, -0.2) is 0 Å². The van der Waals surface area contributed by atoms with Crippen LogP contribution >= 0.6 is 0 Å². The third-order valence-corrected chi connectivity index (χ3v) is 3.18. The molecular weight excluding hydrogens is 309 g/mol. The van der Waals surface area contributed by atoms with Gasteiger partial charge in [0.1, 0.15) is 5.75 Å². The molecule has 0 radical (unpaired) electrons. The first-order chi connectivity index (χ1) is 8.27. The summed E-state index contributed by atoms with van der Waals surface area (Å²) in [6.07, 6.45) is -6.01. The van der Waals surface area contributed by atoms with Crippen molar-refractivity contribution >= 4 is 10.1 Å². The van der Waals surface area contributed by atoms with E-state index >= 15 is 0 Å². The van der Waals surface area contributed by atoms with E-state index in [9.17, 15) is 39.2 Å². The molecule has 0 aliphatic carbocycles. The van der Waals surface area contributed by atoms with E-state index in [1.807, 2.05) is 0 Å². The highest BCUT2D eigenvalue weighted by atomic mass is 32.2. The van der Waals surface area contributed by atoms with Crippen molar-refractivity contribution in [3.63, 3.8) is 0 Å². The fourth-order valence-electron chi connectivity index (χ4n) is 0.892. The smallest absolute Gasteiger partial charge is 0.270 e. The minimum absolute atomic E-state index is 0.125. The quantitative estimate of drug-likeness (QED) is 0.411. The Balaban J connectivity index is 4.96. The molecule has 0 aliphatic heterocycles. The monoisotopic (exact) mass is 320 g/mol. The third-order valence-electron chi connectivity index (χ3n) is 1.93. The molecule has 0 amide bonds. The summed E-state index contributed by atoms with van der Waals surface area (Å²) < 4.78 is 111. The first-order valence-electron chi connectivity index (χ1n) is 4.96. The number of halogens is 7. The van der Waals surface area contributed by atoms with Crippen molar-refractivity contribution in [3.05, 3.63) is 0 Å². The summed E-state index contributed by atoms with van der Waals surface area (Å²) in [4.78, 5) is 0. The molecule has 0 bridgehead atoms. The molecular formula is C8H11F7O3S. The van der Waals surface area contributed by atoms with Crippen molar-refractivity contribution < 1.29 is 43.3 Å². The van der Waals surface area contributed by atoms with Gasteiger partial charge < -0.3 is 0 Å². The van der Waals surface area contributed by atoms with Gasteiger partial charge in [-0.3, -0.25) is 4.18 Å². The maximum atomic E-state index is 12.8. The van der Waals surface area contributed by atoms with Gasteiger partial charge >= 0.3 is 18.0 Å². The van der Waals surface area contributed by atoms with Crippen LogP contribution in [-0.4, -0.2) is 38.8 Å². The van der Waals surface area contributed by atoms with E-state index in [1.54, 1.807) is 6.92 Å². The molecule has 0 aromatic carbocycles. The Morgan fingerprint density at radius 1 is 1.00 bits per heavy atom. The van der Waals surface area contributed by atoms with Gasteiger partial charge in [-0.2, -0.15) is 39.2 Å². The lowest BCUT2D eigenvalue weighted by Gasteiger charge is -2.27. The van der Waals surface area contributed by atoms with Crippen LogP contribution in [-0.2, 0) is 14.3 Å². The standard InChI is InChI=1S/C8H11F7O3S/c1-2-3-4-18-19(16,17)5-6(9,10)7(11,12)8(13,14)15/h2-5H2,1H3. The predicted octanol–water partition coefficient (Wildman–Crippen LogP) is 2.97. The van der Waals surface area contributed by atoms with E-state index in [4.69, 9.17) is 0 Å². The normalized spacial score (nSPS) is 14.7. The molecule has 0 heterocycles. The Bertz CT molecular complexity index is 388. The van der Waals surface area contributed by atoms with Crippen LogP contribution < -0.4 is 0 Å². The molecule has 0 saturated carbocycles. The van der Waals surface area contributed by atoms with Crippen molar-refractivity contribution in [2.24, 2.45) is 0 Å². The molecule has 0 unspecified atom stereocenters. The molecule has 0 aliphatic rings.